The van der Waals surface area contributed by atoms with Gasteiger partial charge >= 0.3 is 29.6 Å². The van der Waals surface area contributed by atoms with Gasteiger partial charge in [0.2, 0.25) is 0 Å². The van der Waals surface area contributed by atoms with Crippen LogP contribution >= 0.6 is 0 Å². The van der Waals surface area contributed by atoms with Gasteiger partial charge in [-0.3, -0.25) is 0 Å². The number of carbonyl (C=O) groups excluding carboxylic acids is 1. The first kappa shape index (κ1) is 9.39. The van der Waals surface area contributed by atoms with Crippen molar-refractivity contribution < 1.29 is 39.5 Å². The van der Waals surface area contributed by atoms with E-state index < -0.39 is 5.97 Å². The van der Waals surface area contributed by atoms with Gasteiger partial charge in [-0.25, -0.2) is 0 Å². The summed E-state index contributed by atoms with van der Waals surface area (Å²) in [6.07, 6.45) is 4.26. The smallest absolute Gasteiger partial charge is 0.537 e. The number of aliphatic carboxylic acids is 1. The number of hydrogen-bond donors (Lipinski definition) is 0. The van der Waals surface area contributed by atoms with E-state index in [2.05, 4.69) is 6.42 Å². The van der Waals surface area contributed by atoms with Crippen LogP contribution in [0.4, 0.5) is 0 Å². The van der Waals surface area contributed by atoms with E-state index in [1.807, 2.05) is 0 Å². The van der Waals surface area contributed by atoms with E-state index in [1.54, 1.807) is 0 Å². The molecular weight excluding hydrogens is 94.0 g/mol. The second-order valence-corrected chi connectivity index (χ2v) is 0.432. The van der Waals surface area contributed by atoms with Crippen molar-refractivity contribution >= 4 is 5.97 Å². The van der Waals surface area contributed by atoms with Gasteiger partial charge in [-0.05, 0) is 0 Å². The molecule has 0 fully saturated rings. The van der Waals surface area contributed by atoms with Crippen molar-refractivity contribution in [3.63, 3.8) is 0 Å². The van der Waals surface area contributed by atoms with Crippen LogP contribution in [-0.2, 0) is 4.79 Å². The molecule has 0 heterocycles. The van der Waals surface area contributed by atoms with Crippen LogP contribution in [0.15, 0.2) is 0 Å². The maximum absolute atomic E-state index is 9.02. The van der Waals surface area contributed by atoms with Crippen molar-refractivity contribution in [3.8, 4) is 12.3 Å². The fraction of sp³-hybridized carbons (Fsp3) is 0. The fourth-order valence-corrected chi connectivity index (χ4v) is 0. The van der Waals surface area contributed by atoms with Crippen molar-refractivity contribution in [2.45, 2.75) is 0 Å². The number of carboxylic acid groups (broad SMARTS) is 1. The molecule has 0 amide bonds. The van der Waals surface area contributed by atoms with Gasteiger partial charge in [0.05, 0.1) is 0 Å². The summed E-state index contributed by atoms with van der Waals surface area (Å²) in [6.45, 7) is 0. The molecule has 0 bridgehead atoms. The molecule has 0 atom stereocenters. The quantitative estimate of drug-likeness (QED) is 0.172. The average molecular weight is 95.0 g/mol. The summed E-state index contributed by atoms with van der Waals surface area (Å²) in [5.41, 5.74) is 0. The third kappa shape index (κ3) is 8.98. The minimum absolute atomic E-state index is 0. The molecule has 26 valence electrons. The Balaban J connectivity index is 0. The van der Waals surface area contributed by atoms with Crippen LogP contribution in [0.2, 0.25) is 0 Å². The van der Waals surface area contributed by atoms with E-state index >= 15 is 0 Å². The van der Waals surface area contributed by atoms with Crippen LogP contribution in [0.3, 0.4) is 0 Å². The fourth-order valence-electron chi connectivity index (χ4n) is 0. The number of terminal acetylenes is 1. The van der Waals surface area contributed by atoms with E-state index in [0.29, 0.717) is 0 Å². The molecule has 0 aliphatic heterocycles. The molecule has 0 aromatic heterocycles. The Kier molecular flexibility index (Phi) is 7.88. The van der Waals surface area contributed by atoms with Gasteiger partial charge in [0.25, 0.3) is 0 Å². The minimum atomic E-state index is -1.47. The van der Waals surface area contributed by atoms with E-state index in [1.165, 1.54) is 5.92 Å². The van der Waals surface area contributed by atoms with E-state index in [4.69, 9.17) is 9.90 Å². The molecule has 0 saturated heterocycles. The zero-order chi connectivity index (χ0) is 4.28. The zero-order valence-electron chi connectivity index (χ0n) is 3.39. The van der Waals surface area contributed by atoms with Gasteiger partial charge in [-0.2, -0.15) is 0 Å². The molecule has 0 spiro atoms. The number of rotatable bonds is 0. The molecule has 6 heavy (non-hydrogen) atoms. The molecule has 0 aromatic carbocycles. The SMILES string of the molecule is [13CH]#[13C][13C](=O)[O-].[Na+]. The first-order valence-corrected chi connectivity index (χ1v) is 0.947. The molecular formula is C3HNaO2. The molecule has 0 N–H and O–H groups in total. The normalized spacial score (nSPS) is 4.50. The van der Waals surface area contributed by atoms with E-state index in [9.17, 15) is 0 Å². The zero-order valence-corrected chi connectivity index (χ0v) is 5.39. The summed E-state index contributed by atoms with van der Waals surface area (Å²) in [6, 6.07) is 0. The Morgan fingerprint density at radius 2 is 2.00 bits per heavy atom. The molecule has 0 saturated carbocycles. The number of carbonyl (C=O) groups is 1. The standard InChI is InChI=1S/C3H2O2.Na/c1-2-3(4)5;/h1H,(H,4,5);/q;+1/p-1/i1+1,2+1,3+1;. The summed E-state index contributed by atoms with van der Waals surface area (Å²) < 4.78 is 0. The van der Waals surface area contributed by atoms with Crippen LogP contribution in [0, 0.1) is 12.3 Å². The van der Waals surface area contributed by atoms with Crippen molar-refractivity contribution in [3.05, 3.63) is 0 Å². The first-order valence-electron chi connectivity index (χ1n) is 0.947. The maximum Gasteiger partial charge on any atom is 1.00 e. The van der Waals surface area contributed by atoms with Crippen LogP contribution in [0.5, 0.6) is 0 Å². The van der Waals surface area contributed by atoms with Crippen LogP contribution < -0.4 is 34.7 Å². The van der Waals surface area contributed by atoms with Crippen molar-refractivity contribution in [2.75, 3.05) is 0 Å². The maximum atomic E-state index is 9.02. The van der Waals surface area contributed by atoms with E-state index in [-0.39, 0.29) is 29.6 Å². The van der Waals surface area contributed by atoms with Gasteiger partial charge in [0.1, 0.15) is 5.97 Å². The van der Waals surface area contributed by atoms with Crippen LogP contribution in [-0.4, -0.2) is 5.97 Å². The Hall–Kier alpha value is 0.0300. The van der Waals surface area contributed by atoms with Gasteiger partial charge in [0.15, 0.2) is 0 Å². The Labute approximate surface area is 57.8 Å². The molecule has 0 unspecified atom stereocenters. The van der Waals surface area contributed by atoms with Crippen LogP contribution in [0.1, 0.15) is 0 Å². The third-order valence-electron chi connectivity index (χ3n) is 0.118. The van der Waals surface area contributed by atoms with Crippen molar-refractivity contribution in [1.82, 2.24) is 0 Å². The molecule has 0 aliphatic rings. The second kappa shape index (κ2) is 5.03. The summed E-state index contributed by atoms with van der Waals surface area (Å²) in [4.78, 5) is 9.02. The Morgan fingerprint density at radius 1 is 1.83 bits per heavy atom. The largest absolute Gasteiger partial charge is 1.00 e. The predicted octanol–water partition coefficient (Wildman–Crippen LogP) is -4.63. The molecule has 0 rings (SSSR count). The summed E-state index contributed by atoms with van der Waals surface area (Å²) in [5, 5.41) is 9.02. The topological polar surface area (TPSA) is 40.1 Å². The molecule has 3 heteroatoms. The van der Waals surface area contributed by atoms with Crippen LogP contribution in [0.25, 0.3) is 0 Å². The van der Waals surface area contributed by atoms with Gasteiger partial charge in [-0.1, -0.05) is 5.92 Å². The Morgan fingerprint density at radius 3 is 2.00 bits per heavy atom. The average Bonchev–Trinajstić information content (AvgIpc) is 1.38. The van der Waals surface area contributed by atoms with Gasteiger partial charge < -0.3 is 9.90 Å². The van der Waals surface area contributed by atoms with E-state index in [0.717, 1.165) is 0 Å². The third-order valence-corrected chi connectivity index (χ3v) is 0.118. The molecule has 0 aliphatic carbocycles. The number of carboxylic acids is 1. The second-order valence-electron chi connectivity index (χ2n) is 0.432. The number of hydrogen-bond acceptors (Lipinski definition) is 2. The summed E-state index contributed by atoms with van der Waals surface area (Å²) in [7, 11) is 0. The molecule has 0 aromatic rings. The summed E-state index contributed by atoms with van der Waals surface area (Å²) >= 11 is 0. The summed E-state index contributed by atoms with van der Waals surface area (Å²) in [5.74, 6) is -0.134. The minimum Gasteiger partial charge on any atom is -0.537 e. The van der Waals surface area contributed by atoms with Gasteiger partial charge in [-0.15, -0.1) is 6.42 Å². The predicted molar refractivity (Wildman–Crippen MR) is 13.8 cm³/mol. The van der Waals surface area contributed by atoms with Gasteiger partial charge in [0, 0.05) is 0 Å². The van der Waals surface area contributed by atoms with Crippen molar-refractivity contribution in [1.29, 1.82) is 0 Å². The Bertz CT molecular complexity index is 81.3. The molecule has 0 radical (unpaired) electrons. The molecule has 2 nitrogen and oxygen atoms in total. The van der Waals surface area contributed by atoms with Crippen molar-refractivity contribution in [2.24, 2.45) is 0 Å². The monoisotopic (exact) mass is 95.0 g/mol. The first-order chi connectivity index (χ1) is 2.27.